The summed E-state index contributed by atoms with van der Waals surface area (Å²) >= 11 is 0. The molecule has 2 rings (SSSR count). The molecule has 0 aliphatic rings. The first-order chi connectivity index (χ1) is 13.8. The molecule has 0 unspecified atom stereocenters. The zero-order chi connectivity index (χ0) is 21.2. The summed E-state index contributed by atoms with van der Waals surface area (Å²) in [6.07, 6.45) is -0.127. The molecule has 7 heteroatoms. The quantitative estimate of drug-likeness (QED) is 0.620. The van der Waals surface area contributed by atoms with Gasteiger partial charge in [0, 0.05) is 19.5 Å². The predicted molar refractivity (Wildman–Crippen MR) is 108 cm³/mol. The first kappa shape index (κ1) is 21.9. The number of amides is 2. The van der Waals surface area contributed by atoms with E-state index < -0.39 is 11.9 Å². The molecule has 0 radical (unpaired) electrons. The maximum Gasteiger partial charge on any atom is 0.338 e. The number of carbonyl (C=O) groups is 3. The van der Waals surface area contributed by atoms with Crippen molar-refractivity contribution in [1.29, 1.82) is 0 Å². The van der Waals surface area contributed by atoms with Crippen LogP contribution in [0.25, 0.3) is 0 Å². The summed E-state index contributed by atoms with van der Waals surface area (Å²) in [4.78, 5) is 37.1. The van der Waals surface area contributed by atoms with E-state index in [1.54, 1.807) is 38.1 Å². The molecule has 0 aliphatic carbocycles. The molecule has 0 heterocycles. The van der Waals surface area contributed by atoms with Crippen LogP contribution >= 0.6 is 0 Å². The lowest BCUT2D eigenvalue weighted by Crippen LogP contribution is -2.36. The molecule has 0 aromatic heterocycles. The number of primary amides is 1. The lowest BCUT2D eigenvalue weighted by molar-refractivity contribution is -0.134. The van der Waals surface area contributed by atoms with Gasteiger partial charge in [-0.15, -0.1) is 0 Å². The molecule has 0 saturated heterocycles. The smallest absolute Gasteiger partial charge is 0.338 e. The van der Waals surface area contributed by atoms with Gasteiger partial charge in [-0.05, 0) is 43.7 Å². The molecule has 2 amide bonds. The normalized spacial score (nSPS) is 10.4. The van der Waals surface area contributed by atoms with E-state index in [-0.39, 0.29) is 31.6 Å². The molecular weight excluding hydrogens is 372 g/mol. The first-order valence-electron chi connectivity index (χ1n) is 9.39. The largest absolute Gasteiger partial charge is 0.484 e. The standard InChI is InChI=1S/C22H26N2O5/c1-16(2)29-22(27)18-8-10-19(11-9-18)28-15-21(26)24(13-12-20(23)25)14-17-6-4-3-5-7-17/h3-11,16H,12-15H2,1-2H3,(H2,23,25). The van der Waals surface area contributed by atoms with Gasteiger partial charge in [0.1, 0.15) is 5.75 Å². The molecule has 2 aromatic rings. The molecule has 0 atom stereocenters. The second-order valence-electron chi connectivity index (χ2n) is 6.78. The summed E-state index contributed by atoms with van der Waals surface area (Å²) in [5.41, 5.74) is 6.57. The third-order valence-corrected chi connectivity index (χ3v) is 3.99. The van der Waals surface area contributed by atoms with Crippen molar-refractivity contribution in [3.63, 3.8) is 0 Å². The Morgan fingerprint density at radius 3 is 2.24 bits per heavy atom. The molecule has 2 N–H and O–H groups in total. The minimum absolute atomic E-state index is 0.0746. The van der Waals surface area contributed by atoms with Crippen LogP contribution in [0.3, 0.4) is 0 Å². The Bertz CT molecular complexity index is 819. The van der Waals surface area contributed by atoms with Gasteiger partial charge in [-0.1, -0.05) is 30.3 Å². The van der Waals surface area contributed by atoms with Crippen LogP contribution in [0.4, 0.5) is 0 Å². The van der Waals surface area contributed by atoms with E-state index >= 15 is 0 Å². The number of ether oxygens (including phenoxy) is 2. The average molecular weight is 398 g/mol. The van der Waals surface area contributed by atoms with Gasteiger partial charge in [-0.3, -0.25) is 9.59 Å². The van der Waals surface area contributed by atoms with E-state index in [0.29, 0.717) is 17.9 Å². The second-order valence-corrected chi connectivity index (χ2v) is 6.78. The second kappa shape index (κ2) is 10.8. The van der Waals surface area contributed by atoms with Gasteiger partial charge in [0.15, 0.2) is 6.61 Å². The molecule has 0 saturated carbocycles. The summed E-state index contributed by atoms with van der Waals surface area (Å²) in [5, 5.41) is 0. The number of hydrogen-bond acceptors (Lipinski definition) is 5. The number of carbonyl (C=O) groups excluding carboxylic acids is 3. The minimum Gasteiger partial charge on any atom is -0.484 e. The van der Waals surface area contributed by atoms with Gasteiger partial charge < -0.3 is 20.1 Å². The molecule has 0 spiro atoms. The van der Waals surface area contributed by atoms with Crippen molar-refractivity contribution in [3.8, 4) is 5.75 Å². The minimum atomic E-state index is -0.472. The van der Waals surface area contributed by atoms with E-state index in [9.17, 15) is 14.4 Å². The molecule has 0 bridgehead atoms. The van der Waals surface area contributed by atoms with E-state index in [1.807, 2.05) is 30.3 Å². The molecule has 154 valence electrons. The lowest BCUT2D eigenvalue weighted by atomic mass is 10.2. The van der Waals surface area contributed by atoms with Gasteiger partial charge in [0.05, 0.1) is 11.7 Å². The number of hydrogen-bond donors (Lipinski definition) is 1. The number of benzene rings is 2. The van der Waals surface area contributed by atoms with Crippen LogP contribution in [0.5, 0.6) is 5.75 Å². The van der Waals surface area contributed by atoms with Crippen LogP contribution in [0.1, 0.15) is 36.2 Å². The van der Waals surface area contributed by atoms with E-state index in [1.165, 1.54) is 4.90 Å². The highest BCUT2D eigenvalue weighted by molar-refractivity contribution is 5.89. The van der Waals surface area contributed by atoms with Crippen molar-refractivity contribution in [2.45, 2.75) is 32.9 Å². The molecule has 7 nitrogen and oxygen atoms in total. The zero-order valence-corrected chi connectivity index (χ0v) is 16.7. The fraction of sp³-hybridized carbons (Fsp3) is 0.318. The topological polar surface area (TPSA) is 98.9 Å². The number of nitrogens with two attached hydrogens (primary N) is 1. The van der Waals surface area contributed by atoms with Crippen molar-refractivity contribution >= 4 is 17.8 Å². The van der Waals surface area contributed by atoms with Crippen molar-refractivity contribution in [3.05, 3.63) is 65.7 Å². The van der Waals surface area contributed by atoms with Crippen molar-refractivity contribution in [2.75, 3.05) is 13.2 Å². The Balaban J connectivity index is 1.95. The van der Waals surface area contributed by atoms with Crippen LogP contribution < -0.4 is 10.5 Å². The number of nitrogens with zero attached hydrogens (tertiary/aromatic N) is 1. The van der Waals surface area contributed by atoms with Crippen molar-refractivity contribution in [1.82, 2.24) is 4.90 Å². The summed E-state index contributed by atoms with van der Waals surface area (Å²) in [7, 11) is 0. The fourth-order valence-electron chi connectivity index (χ4n) is 2.55. The molecule has 29 heavy (non-hydrogen) atoms. The predicted octanol–water partition coefficient (Wildman–Crippen LogP) is 2.53. The van der Waals surface area contributed by atoms with Gasteiger partial charge in [0.2, 0.25) is 5.91 Å². The Morgan fingerprint density at radius 1 is 1.00 bits per heavy atom. The summed E-state index contributed by atoms with van der Waals surface area (Å²) in [5.74, 6) is -0.698. The Morgan fingerprint density at radius 2 is 1.66 bits per heavy atom. The van der Waals surface area contributed by atoms with Crippen LogP contribution in [-0.2, 0) is 20.9 Å². The van der Waals surface area contributed by atoms with E-state index in [2.05, 4.69) is 0 Å². The fourth-order valence-corrected chi connectivity index (χ4v) is 2.55. The molecular formula is C22H26N2O5. The maximum atomic E-state index is 12.6. The van der Waals surface area contributed by atoms with Crippen LogP contribution in [-0.4, -0.2) is 41.9 Å². The monoisotopic (exact) mass is 398 g/mol. The SMILES string of the molecule is CC(C)OC(=O)c1ccc(OCC(=O)N(CCC(N)=O)Cc2ccccc2)cc1. The van der Waals surface area contributed by atoms with Crippen molar-refractivity contribution < 1.29 is 23.9 Å². The molecule has 2 aromatic carbocycles. The zero-order valence-electron chi connectivity index (χ0n) is 16.7. The highest BCUT2D eigenvalue weighted by Crippen LogP contribution is 2.14. The van der Waals surface area contributed by atoms with Gasteiger partial charge in [-0.2, -0.15) is 0 Å². The highest BCUT2D eigenvalue weighted by atomic mass is 16.5. The van der Waals surface area contributed by atoms with Gasteiger partial charge in [0.25, 0.3) is 5.91 Å². The summed E-state index contributed by atoms with van der Waals surface area (Å²) in [6.45, 7) is 3.94. The van der Waals surface area contributed by atoms with Crippen LogP contribution in [0, 0.1) is 0 Å². The van der Waals surface area contributed by atoms with Crippen LogP contribution in [0.15, 0.2) is 54.6 Å². The van der Waals surface area contributed by atoms with E-state index in [4.69, 9.17) is 15.2 Å². The van der Waals surface area contributed by atoms with Gasteiger partial charge in [-0.25, -0.2) is 4.79 Å². The molecule has 0 fully saturated rings. The first-order valence-corrected chi connectivity index (χ1v) is 9.39. The Labute approximate surface area is 170 Å². The Kier molecular flexibility index (Phi) is 8.21. The summed E-state index contributed by atoms with van der Waals surface area (Å²) < 4.78 is 10.7. The number of esters is 1. The molecule has 0 aliphatic heterocycles. The van der Waals surface area contributed by atoms with Gasteiger partial charge >= 0.3 is 5.97 Å². The van der Waals surface area contributed by atoms with Crippen LogP contribution in [0.2, 0.25) is 0 Å². The Hall–Kier alpha value is -3.35. The lowest BCUT2D eigenvalue weighted by Gasteiger charge is -2.22. The van der Waals surface area contributed by atoms with Crippen molar-refractivity contribution in [2.24, 2.45) is 5.73 Å². The third-order valence-electron chi connectivity index (χ3n) is 3.99. The summed E-state index contributed by atoms with van der Waals surface area (Å²) in [6, 6.07) is 15.8. The average Bonchev–Trinajstić information content (AvgIpc) is 2.69. The third kappa shape index (κ3) is 7.65. The van der Waals surface area contributed by atoms with E-state index in [0.717, 1.165) is 5.56 Å². The maximum absolute atomic E-state index is 12.6. The number of rotatable bonds is 10. The highest BCUT2D eigenvalue weighted by Gasteiger charge is 2.16.